The van der Waals surface area contributed by atoms with E-state index in [-0.39, 0.29) is 6.04 Å². The van der Waals surface area contributed by atoms with Crippen molar-refractivity contribution in [3.05, 3.63) is 81.0 Å². The largest absolute Gasteiger partial charge is 0.496 e. The van der Waals surface area contributed by atoms with Crippen molar-refractivity contribution in [1.29, 1.82) is 0 Å². The van der Waals surface area contributed by atoms with Gasteiger partial charge in [-0.25, -0.2) is 0 Å². The first-order chi connectivity index (χ1) is 12.3. The molecule has 0 bridgehead atoms. The topological polar surface area (TPSA) is 24.8 Å². The first kappa shape index (κ1) is 16.4. The zero-order valence-electron chi connectivity index (χ0n) is 13.7. The Bertz CT molecular complexity index is 908. The van der Waals surface area contributed by atoms with Crippen LogP contribution in [0.3, 0.4) is 0 Å². The number of anilines is 1. The van der Waals surface area contributed by atoms with E-state index in [0.717, 1.165) is 33.6 Å². The van der Waals surface area contributed by atoms with Gasteiger partial charge >= 0.3 is 0 Å². The minimum Gasteiger partial charge on any atom is -0.496 e. The highest BCUT2D eigenvalue weighted by atomic mass is 79.9. The van der Waals surface area contributed by atoms with Crippen LogP contribution in [0.15, 0.2) is 75.6 Å². The molecule has 1 aliphatic heterocycles. The van der Waals surface area contributed by atoms with Crippen molar-refractivity contribution in [3.8, 4) is 5.75 Å². The van der Waals surface area contributed by atoms with Crippen LogP contribution in [-0.4, -0.2) is 12.8 Å². The molecular weight excluding hydrogens is 396 g/mol. The predicted molar refractivity (Wildman–Crippen MR) is 108 cm³/mol. The third-order valence-corrected chi connectivity index (χ3v) is 5.70. The number of benzene rings is 2. The van der Waals surface area contributed by atoms with Crippen molar-refractivity contribution < 1.29 is 4.74 Å². The minimum absolute atomic E-state index is 0.113. The van der Waals surface area contributed by atoms with E-state index in [1.807, 2.05) is 24.3 Å². The molecule has 3 aromatic rings. The molecule has 0 aliphatic carbocycles. The summed E-state index contributed by atoms with van der Waals surface area (Å²) in [7, 11) is 1.72. The van der Waals surface area contributed by atoms with E-state index in [1.54, 1.807) is 18.4 Å². The number of thiophene rings is 1. The number of halogens is 1. The summed E-state index contributed by atoms with van der Waals surface area (Å²) in [5.74, 6) is 0.898. The van der Waals surface area contributed by atoms with Crippen molar-refractivity contribution in [2.24, 2.45) is 5.10 Å². The molecule has 1 aromatic heterocycles. The summed E-state index contributed by atoms with van der Waals surface area (Å²) in [5.41, 5.74) is 3.34. The summed E-state index contributed by atoms with van der Waals surface area (Å²) in [6.07, 6.45) is 0.855. The predicted octanol–water partition coefficient (Wildman–Crippen LogP) is 5.87. The smallest absolute Gasteiger partial charge is 0.124 e. The molecule has 0 radical (unpaired) electrons. The number of rotatable bonds is 4. The molecule has 2 heterocycles. The second kappa shape index (κ2) is 7.02. The van der Waals surface area contributed by atoms with E-state index in [4.69, 9.17) is 9.84 Å². The molecule has 1 atom stereocenters. The molecule has 0 saturated heterocycles. The zero-order chi connectivity index (χ0) is 17.2. The normalized spacial score (nSPS) is 16.8. The summed E-state index contributed by atoms with van der Waals surface area (Å²) in [6, 6.07) is 20.8. The molecule has 126 valence electrons. The molecule has 0 N–H and O–H groups in total. The zero-order valence-corrected chi connectivity index (χ0v) is 16.1. The number of hydrogen-bond acceptors (Lipinski definition) is 4. The number of methoxy groups -OCH3 is 1. The van der Waals surface area contributed by atoms with Gasteiger partial charge in [0.1, 0.15) is 5.75 Å². The summed E-state index contributed by atoms with van der Waals surface area (Å²) in [5, 5.41) is 9.16. The van der Waals surface area contributed by atoms with Crippen LogP contribution in [0.4, 0.5) is 5.69 Å². The lowest BCUT2D eigenvalue weighted by Crippen LogP contribution is -2.19. The molecule has 0 fully saturated rings. The Kier molecular flexibility index (Phi) is 4.59. The lowest BCUT2D eigenvalue weighted by Gasteiger charge is -2.25. The van der Waals surface area contributed by atoms with Crippen LogP contribution in [-0.2, 0) is 0 Å². The van der Waals surface area contributed by atoms with Gasteiger partial charge in [0, 0.05) is 16.5 Å². The first-order valence-corrected chi connectivity index (χ1v) is 9.72. The van der Waals surface area contributed by atoms with Crippen LogP contribution in [0.2, 0.25) is 0 Å². The van der Waals surface area contributed by atoms with Gasteiger partial charge in [-0.1, -0.05) is 46.3 Å². The van der Waals surface area contributed by atoms with Crippen LogP contribution < -0.4 is 9.75 Å². The minimum atomic E-state index is 0.113. The highest BCUT2D eigenvalue weighted by Gasteiger charge is 2.32. The number of nitrogens with zero attached hydrogens (tertiary/aromatic N) is 2. The lowest BCUT2D eigenvalue weighted by atomic mass is 10.00. The van der Waals surface area contributed by atoms with Gasteiger partial charge in [0.2, 0.25) is 0 Å². The Morgan fingerprint density at radius 3 is 2.76 bits per heavy atom. The Hall–Kier alpha value is -2.11. The monoisotopic (exact) mass is 412 g/mol. The fraction of sp³-hybridized carbons (Fsp3) is 0.150. The SMILES string of the molecule is COc1ccccc1C1CC(c2cccs2)=NN1c1cccc(Br)c1. The maximum absolute atomic E-state index is 5.61. The Morgan fingerprint density at radius 1 is 1.12 bits per heavy atom. The molecule has 0 amide bonds. The van der Waals surface area contributed by atoms with E-state index in [0.29, 0.717) is 0 Å². The second-order valence-corrected chi connectivity index (χ2v) is 7.67. The van der Waals surface area contributed by atoms with Crippen molar-refractivity contribution in [3.63, 3.8) is 0 Å². The summed E-state index contributed by atoms with van der Waals surface area (Å²) >= 11 is 5.30. The van der Waals surface area contributed by atoms with E-state index in [9.17, 15) is 0 Å². The maximum Gasteiger partial charge on any atom is 0.124 e. The third-order valence-electron chi connectivity index (χ3n) is 4.29. The molecule has 0 spiro atoms. The molecule has 1 unspecified atom stereocenters. The highest BCUT2D eigenvalue weighted by molar-refractivity contribution is 9.10. The van der Waals surface area contributed by atoms with Gasteiger partial charge in [-0.15, -0.1) is 11.3 Å². The van der Waals surface area contributed by atoms with E-state index in [1.165, 1.54) is 4.88 Å². The van der Waals surface area contributed by atoms with Crippen LogP contribution in [0.5, 0.6) is 5.75 Å². The van der Waals surface area contributed by atoms with Crippen molar-refractivity contribution in [2.75, 3.05) is 12.1 Å². The van der Waals surface area contributed by atoms with Gasteiger partial charge in [-0.3, -0.25) is 5.01 Å². The van der Waals surface area contributed by atoms with Crippen LogP contribution >= 0.6 is 27.3 Å². The number of hydrazone groups is 1. The first-order valence-electron chi connectivity index (χ1n) is 8.05. The van der Waals surface area contributed by atoms with Crippen LogP contribution in [0, 0.1) is 0 Å². The average Bonchev–Trinajstić information content (AvgIpc) is 3.31. The lowest BCUT2D eigenvalue weighted by molar-refractivity contribution is 0.405. The van der Waals surface area contributed by atoms with Gasteiger partial charge in [-0.2, -0.15) is 5.10 Å². The van der Waals surface area contributed by atoms with Crippen LogP contribution in [0.25, 0.3) is 0 Å². The number of para-hydroxylation sites is 1. The Labute approximate surface area is 159 Å². The molecule has 2 aromatic carbocycles. The quantitative estimate of drug-likeness (QED) is 0.534. The molecule has 25 heavy (non-hydrogen) atoms. The van der Waals surface area contributed by atoms with Crippen LogP contribution in [0.1, 0.15) is 22.9 Å². The standard InChI is InChI=1S/C20H17BrN2OS/c1-24-19-9-3-2-8-16(19)18-13-17(20-10-5-11-25-20)22-23(18)15-7-4-6-14(21)12-15/h2-12,18H,13H2,1H3. The summed E-state index contributed by atoms with van der Waals surface area (Å²) < 4.78 is 6.65. The van der Waals surface area contributed by atoms with Gasteiger partial charge in [0.25, 0.3) is 0 Å². The number of ether oxygens (including phenoxy) is 1. The summed E-state index contributed by atoms with van der Waals surface area (Å²) in [4.78, 5) is 1.22. The maximum atomic E-state index is 5.61. The molecule has 1 aliphatic rings. The molecular formula is C20H17BrN2OS. The van der Waals surface area contributed by atoms with E-state index < -0.39 is 0 Å². The average molecular weight is 413 g/mol. The van der Waals surface area contributed by atoms with E-state index >= 15 is 0 Å². The molecule has 5 heteroatoms. The molecule has 3 nitrogen and oxygen atoms in total. The van der Waals surface area contributed by atoms with Gasteiger partial charge < -0.3 is 4.74 Å². The van der Waals surface area contributed by atoms with Gasteiger partial charge in [-0.05, 0) is 35.7 Å². The fourth-order valence-corrected chi connectivity index (χ4v) is 4.25. The Balaban J connectivity index is 1.79. The second-order valence-electron chi connectivity index (χ2n) is 5.81. The van der Waals surface area contributed by atoms with Gasteiger partial charge in [0.05, 0.1) is 29.4 Å². The third kappa shape index (κ3) is 3.22. The van der Waals surface area contributed by atoms with Crippen molar-refractivity contribution in [2.45, 2.75) is 12.5 Å². The van der Waals surface area contributed by atoms with Crippen molar-refractivity contribution in [1.82, 2.24) is 0 Å². The van der Waals surface area contributed by atoms with E-state index in [2.05, 4.69) is 62.7 Å². The number of hydrogen-bond donors (Lipinski definition) is 0. The Morgan fingerprint density at radius 2 is 2.00 bits per heavy atom. The van der Waals surface area contributed by atoms with Gasteiger partial charge in [0.15, 0.2) is 0 Å². The molecule has 0 saturated carbocycles. The highest BCUT2D eigenvalue weighted by Crippen LogP contribution is 2.41. The molecule has 4 rings (SSSR count). The van der Waals surface area contributed by atoms with Crippen molar-refractivity contribution >= 4 is 38.7 Å². The summed E-state index contributed by atoms with van der Waals surface area (Å²) in [6.45, 7) is 0. The fourth-order valence-electron chi connectivity index (χ4n) is 3.14.